The molecule has 668 valence electrons. The summed E-state index contributed by atoms with van der Waals surface area (Å²) < 4.78 is 38.6. The van der Waals surface area contributed by atoms with Crippen molar-refractivity contribution in [3.05, 3.63) is 71.8 Å². The highest BCUT2D eigenvalue weighted by Crippen LogP contribution is 2.52. The van der Waals surface area contributed by atoms with Crippen LogP contribution in [0.1, 0.15) is 389 Å². The van der Waals surface area contributed by atoms with E-state index in [0.717, 1.165) is 34.0 Å². The lowest BCUT2D eigenvalue weighted by molar-refractivity contribution is -0.279. The summed E-state index contributed by atoms with van der Waals surface area (Å²) in [5.41, 5.74) is 12.6. The van der Waals surface area contributed by atoms with E-state index < -0.39 is 28.6 Å². The number of nitrogens with one attached hydrogen (secondary N) is 2. The highest BCUT2D eigenvalue weighted by atomic mass is 19.3. The number of hydrogen-bond acceptors (Lipinski definition) is 15. The molecule has 2 aromatic rings. The zero-order valence-electron chi connectivity index (χ0n) is 83.3. The van der Waals surface area contributed by atoms with Crippen molar-refractivity contribution in [1.29, 1.82) is 5.41 Å². The highest BCUT2D eigenvalue weighted by Gasteiger charge is 2.56. The Hall–Kier alpha value is -4.76. The molecule has 0 aromatic heterocycles. The molecule has 1 aliphatic rings. The third kappa shape index (κ3) is 54.2. The van der Waals surface area contributed by atoms with E-state index in [1.54, 1.807) is 41.5 Å². The number of nitrogens with two attached hydrogens (primary N) is 5. The Labute approximate surface area is 692 Å². The van der Waals surface area contributed by atoms with Gasteiger partial charge in [-0.05, 0) is 27.1 Å². The Bertz CT molecular complexity index is 2670. The number of nitrogens with zero attached hydrogens (tertiary/aromatic N) is 3. The molecule has 2 aromatic carbocycles. The van der Waals surface area contributed by atoms with Crippen LogP contribution in [0, 0.1) is 97.5 Å². The molecule has 2 amide bonds. The molecule has 0 atom stereocenters. The van der Waals surface area contributed by atoms with Gasteiger partial charge in [0.15, 0.2) is 11.6 Å². The molecule has 17 N–H and O–H groups in total. The molecule has 19 heteroatoms. The number of benzene rings is 2. The molecule has 112 heavy (non-hydrogen) atoms. The lowest BCUT2D eigenvalue weighted by Gasteiger charge is -2.49. The fourth-order valence-corrected chi connectivity index (χ4v) is 11.6. The molecular weight excluding hydrogens is 1410 g/mol. The minimum atomic E-state index is -2.63. The molecule has 1 fully saturated rings. The number of carbonyl (C=O) groups is 2. The number of alkyl halides is 2. The predicted molar refractivity (Wildman–Crippen MR) is 490 cm³/mol. The Kier molecular flexibility index (Phi) is 57.3. The fraction of sp³-hybridized carbons (Fsp3) is 0.806. The number of primary amides is 1. The van der Waals surface area contributed by atoms with Crippen molar-refractivity contribution in [2.45, 2.75) is 385 Å². The third-order valence-electron chi connectivity index (χ3n) is 18.8. The summed E-state index contributed by atoms with van der Waals surface area (Å²) in [7, 11) is 0. The summed E-state index contributed by atoms with van der Waals surface area (Å²) in [6.45, 7) is 110. The maximum atomic E-state index is 13.4. The van der Waals surface area contributed by atoms with Crippen molar-refractivity contribution in [2.24, 2.45) is 137 Å². The first-order chi connectivity index (χ1) is 48.3. The van der Waals surface area contributed by atoms with Crippen molar-refractivity contribution < 1.29 is 38.3 Å². The molecule has 0 bridgehead atoms. The summed E-state index contributed by atoms with van der Waals surface area (Å²) >= 11 is 0. The van der Waals surface area contributed by atoms with Crippen LogP contribution in [0.2, 0.25) is 0 Å². The highest BCUT2D eigenvalue weighted by molar-refractivity contribution is 6.08. The van der Waals surface area contributed by atoms with Gasteiger partial charge in [0.05, 0.1) is 18.9 Å². The largest absolute Gasteiger partial charge is 0.411 e. The monoisotopic (exact) mass is 1600 g/mol. The van der Waals surface area contributed by atoms with E-state index in [1.165, 1.54) is 12.8 Å². The van der Waals surface area contributed by atoms with Gasteiger partial charge in [0.2, 0.25) is 0 Å². The molecule has 1 heterocycles. The second-order valence-electron chi connectivity index (χ2n) is 46.1. The van der Waals surface area contributed by atoms with Gasteiger partial charge in [0.25, 0.3) is 5.92 Å². The molecule has 0 unspecified atom stereocenters. The first-order valence-corrected chi connectivity index (χ1v) is 39.9. The maximum absolute atomic E-state index is 13.4. The van der Waals surface area contributed by atoms with Crippen molar-refractivity contribution in [3.8, 4) is 0 Å². The van der Waals surface area contributed by atoms with Gasteiger partial charge in [-0.3, -0.25) is 16.5 Å². The average molecular weight is 1600 g/mol. The normalized spacial score (nSPS) is 13.6. The average Bonchev–Trinajstić information content (AvgIpc) is 1.54. The summed E-state index contributed by atoms with van der Waals surface area (Å²) in [6.07, 6.45) is 2.54. The smallest absolute Gasteiger partial charge is 0.332 e. The van der Waals surface area contributed by atoms with Gasteiger partial charge >= 0.3 is 6.03 Å². The lowest BCUT2D eigenvalue weighted by atomic mass is 9.56. The van der Waals surface area contributed by atoms with Crippen molar-refractivity contribution in [3.63, 3.8) is 0 Å². The number of ketones is 1. The maximum Gasteiger partial charge on any atom is 0.332 e. The number of hydrogen-bond donors (Lipinski definition) is 10. The van der Waals surface area contributed by atoms with E-state index in [0.29, 0.717) is 40.3 Å². The van der Waals surface area contributed by atoms with Crippen LogP contribution < -0.4 is 40.7 Å². The summed E-state index contributed by atoms with van der Waals surface area (Å²) in [4.78, 5) is 22.4. The zero-order valence-corrected chi connectivity index (χ0v) is 83.3. The summed E-state index contributed by atoms with van der Waals surface area (Å²) in [5, 5.41) is 34.3. The molecule has 1 aliphatic heterocycles. The fourth-order valence-electron chi connectivity index (χ4n) is 11.6. The van der Waals surface area contributed by atoms with Crippen LogP contribution in [-0.4, -0.2) is 70.0 Å². The van der Waals surface area contributed by atoms with Gasteiger partial charge in [-0.25, -0.2) is 24.9 Å². The van der Waals surface area contributed by atoms with Crippen molar-refractivity contribution in [1.82, 2.24) is 11.6 Å². The van der Waals surface area contributed by atoms with E-state index in [1.807, 2.05) is 102 Å². The van der Waals surface area contributed by atoms with E-state index in [4.69, 9.17) is 36.9 Å². The minimum Gasteiger partial charge on any atom is -0.411 e. The lowest BCUT2D eigenvalue weighted by Crippen LogP contribution is -2.54. The number of ether oxygens (including phenoxy) is 2. The minimum absolute atomic E-state index is 0. The Morgan fingerprint density at radius 2 is 0.652 bits per heavy atom. The van der Waals surface area contributed by atoms with Crippen molar-refractivity contribution >= 4 is 34.7 Å². The van der Waals surface area contributed by atoms with Gasteiger partial charge in [-0.2, -0.15) is 10.2 Å². The molecule has 0 aliphatic carbocycles. The molecule has 0 spiro atoms. The standard InChI is InChI=1S/C13H10O.C11H22O2.C11H24.C10H21N3O.C9H18F2.C9H20N2.C9H19NO.C9H19N.2C6H14.H4N2.H3NO.H3N/c14-13(11-7-3-1-4-8-11)12-9-5-2-6-10-12;1-9(2,3)11(10(4,5)6)12-7-8-13-11;1-9(2,3)11(7,8)10(4,5)6;1-9(2,3)7(10(4,5)6)12-13-8(11)14;1-7(2,3)9(10,11)8(4,5)6;1-8(2,3)7(11-10)9(4,5)6;1-8(2,3)7(10-11)9(4,5)6;1-8(2,3)7(10)9(4,5)6;2*1-5-6(2,3)4;2*1-2;/h1-10H;7-8H2,1-6H3;1-8H3;1-6H3,(H3,11,13,14);1-6H3;10H2,1-6H3;11H,1-6H3;10H,1-6H3;2*5H2,1-4H3;1-2H2;2H,1H2;1H3. The number of halogens is 2. The predicted octanol–water partition coefficient (Wildman–Crippen LogP) is 27.3. The van der Waals surface area contributed by atoms with Crippen LogP contribution >= 0.6 is 0 Å². The number of hydrazine groups is 1. The molecule has 1 saturated heterocycles. The van der Waals surface area contributed by atoms with Gasteiger partial charge in [0.1, 0.15) is 0 Å². The second kappa shape index (κ2) is 50.1. The Balaban J connectivity index is -0.000000129. The molecule has 0 saturated carbocycles. The molecule has 0 radical (unpaired) electrons. The quantitative estimate of drug-likeness (QED) is 0.0453. The number of amides is 2. The number of carbonyl (C=O) groups excluding carboxylic acids is 2. The topological polar surface area (TPSA) is 331 Å². The van der Waals surface area contributed by atoms with E-state index in [2.05, 4.69) is 315 Å². The van der Waals surface area contributed by atoms with Gasteiger partial charge in [-0.1, -0.05) is 439 Å². The Morgan fingerprint density at radius 1 is 0.429 bits per heavy atom. The van der Waals surface area contributed by atoms with Gasteiger partial charge < -0.3 is 43.0 Å². The molecule has 3 rings (SSSR count). The van der Waals surface area contributed by atoms with Crippen molar-refractivity contribution in [2.75, 3.05) is 13.2 Å². The van der Waals surface area contributed by atoms with Crippen LogP contribution in [0.5, 0.6) is 0 Å². The third-order valence-corrected chi connectivity index (χ3v) is 18.8. The summed E-state index contributed by atoms with van der Waals surface area (Å²) in [5.74, 6) is 13.9. The second-order valence-corrected chi connectivity index (χ2v) is 46.1. The first kappa shape index (κ1) is 128. The zero-order chi connectivity index (χ0) is 92.3. The van der Waals surface area contributed by atoms with E-state index in [9.17, 15) is 18.4 Å². The van der Waals surface area contributed by atoms with Crippen LogP contribution in [-0.2, 0) is 9.47 Å². The van der Waals surface area contributed by atoms with Gasteiger partial charge in [0, 0.05) is 93.2 Å². The van der Waals surface area contributed by atoms with Gasteiger partial charge in [-0.15, -0.1) is 0 Å². The number of rotatable bonds is 3. The van der Waals surface area contributed by atoms with Crippen LogP contribution in [0.25, 0.3) is 0 Å². The number of hydrazone groups is 2. The van der Waals surface area contributed by atoms with E-state index in [-0.39, 0.29) is 66.1 Å². The molecular formula is C93H191F2N11O6. The van der Waals surface area contributed by atoms with Crippen LogP contribution in [0.4, 0.5) is 13.6 Å². The Morgan fingerprint density at radius 3 is 0.741 bits per heavy atom. The molecule has 17 nitrogen and oxygen atoms in total. The first-order valence-electron chi connectivity index (χ1n) is 39.9. The SMILES string of the molecule is CC(C)(C)C(=N)C(C)(C)C.CC(C)(C)C(=NN)C(C)(C)C.CC(C)(C)C(=NNC(N)=O)C(C)(C)C.CC(C)(C)C(=NO)C(C)(C)C.CC(C)(C)C(C)(C)C(C)(C)C.CC(C)(C)C(F)(F)C(C)(C)C.CC(C)(C)C1(C(C)(C)C)OCCO1.CCC(C)(C)C.CCC(C)(C)C.N.NN.NO.O=C(c1ccccc1)c1ccccc1. The number of urea groups is 1. The summed E-state index contributed by atoms with van der Waals surface area (Å²) in [6, 6.07) is 18.0. The van der Waals surface area contributed by atoms with Crippen LogP contribution in [0.3, 0.4) is 0 Å². The van der Waals surface area contributed by atoms with E-state index >= 15 is 0 Å². The van der Waals surface area contributed by atoms with Crippen LogP contribution in [0.15, 0.2) is 76.0 Å². The number of oxime groups is 1.